The number of halogens is 3. The fourth-order valence-electron chi connectivity index (χ4n) is 2.92. The Balaban J connectivity index is 1.87. The van der Waals surface area contributed by atoms with Gasteiger partial charge >= 0.3 is 0 Å². The van der Waals surface area contributed by atoms with Crippen LogP contribution in [0.25, 0.3) is 16.9 Å². The third-order valence-electron chi connectivity index (χ3n) is 4.33. The molecule has 28 heavy (non-hydrogen) atoms. The van der Waals surface area contributed by atoms with Gasteiger partial charge in [0.25, 0.3) is 5.91 Å². The van der Waals surface area contributed by atoms with Crippen LogP contribution in [0.4, 0.5) is 14.6 Å². The van der Waals surface area contributed by atoms with Crippen LogP contribution in [0.1, 0.15) is 15.9 Å². The van der Waals surface area contributed by atoms with Crippen LogP contribution in [0, 0.1) is 18.6 Å². The lowest BCUT2D eigenvalue weighted by atomic mass is 10.1. The SMILES string of the molecule is Cc1ccn2c(NC(=O)c3ccc(Cl)cc3)c(-c3cccc(F)c3F)nc2c1. The molecule has 4 rings (SSSR count). The number of fused-ring (bicyclic) bond motifs is 1. The Morgan fingerprint density at radius 3 is 2.61 bits per heavy atom. The summed E-state index contributed by atoms with van der Waals surface area (Å²) >= 11 is 5.87. The third kappa shape index (κ3) is 3.23. The van der Waals surface area contributed by atoms with E-state index in [1.165, 1.54) is 12.1 Å². The van der Waals surface area contributed by atoms with Gasteiger partial charge in [-0.2, -0.15) is 0 Å². The summed E-state index contributed by atoms with van der Waals surface area (Å²) in [4.78, 5) is 17.1. The van der Waals surface area contributed by atoms with Crippen LogP contribution in [0.15, 0.2) is 60.8 Å². The molecule has 0 saturated heterocycles. The number of hydrogen-bond acceptors (Lipinski definition) is 2. The first-order valence-corrected chi connectivity index (χ1v) is 8.82. The minimum absolute atomic E-state index is 0.0345. The first-order chi connectivity index (χ1) is 13.4. The molecule has 2 aromatic heterocycles. The van der Waals surface area contributed by atoms with E-state index in [1.54, 1.807) is 40.9 Å². The van der Waals surface area contributed by atoms with E-state index < -0.39 is 17.5 Å². The zero-order valence-corrected chi connectivity index (χ0v) is 15.5. The largest absolute Gasteiger partial charge is 0.306 e. The zero-order chi connectivity index (χ0) is 19.8. The van der Waals surface area contributed by atoms with E-state index in [0.29, 0.717) is 16.2 Å². The molecule has 4 nitrogen and oxygen atoms in total. The molecule has 7 heteroatoms. The molecule has 2 aromatic carbocycles. The number of pyridine rings is 1. The zero-order valence-electron chi connectivity index (χ0n) is 14.7. The number of nitrogens with one attached hydrogen (secondary N) is 1. The van der Waals surface area contributed by atoms with Crippen LogP contribution in [0.3, 0.4) is 0 Å². The fraction of sp³-hybridized carbons (Fsp3) is 0.0476. The van der Waals surface area contributed by atoms with Gasteiger partial charge < -0.3 is 5.32 Å². The molecule has 0 radical (unpaired) electrons. The Labute approximate surface area is 164 Å². The summed E-state index contributed by atoms with van der Waals surface area (Å²) in [5.74, 6) is -2.18. The highest BCUT2D eigenvalue weighted by atomic mass is 35.5. The Hall–Kier alpha value is -3.25. The Kier molecular flexibility index (Phi) is 4.57. The Bertz CT molecular complexity index is 1200. The van der Waals surface area contributed by atoms with Crippen LogP contribution in [0.5, 0.6) is 0 Å². The van der Waals surface area contributed by atoms with Crippen molar-refractivity contribution in [1.82, 2.24) is 9.38 Å². The first-order valence-electron chi connectivity index (χ1n) is 8.44. The predicted octanol–water partition coefficient (Wildman–Crippen LogP) is 5.49. The summed E-state index contributed by atoms with van der Waals surface area (Å²) in [6.45, 7) is 1.89. The van der Waals surface area contributed by atoms with Crippen LogP contribution in [0.2, 0.25) is 5.02 Å². The highest BCUT2D eigenvalue weighted by Gasteiger charge is 2.21. The lowest BCUT2D eigenvalue weighted by Gasteiger charge is -2.09. The van der Waals surface area contributed by atoms with Gasteiger partial charge in [0, 0.05) is 22.3 Å². The maximum absolute atomic E-state index is 14.4. The molecule has 1 amide bonds. The number of aryl methyl sites for hydroxylation is 1. The fourth-order valence-corrected chi connectivity index (χ4v) is 3.05. The quantitative estimate of drug-likeness (QED) is 0.496. The van der Waals surface area contributed by atoms with Crippen molar-refractivity contribution in [1.29, 1.82) is 0 Å². The van der Waals surface area contributed by atoms with Crippen molar-refractivity contribution < 1.29 is 13.6 Å². The molecular weight excluding hydrogens is 384 g/mol. The highest BCUT2D eigenvalue weighted by Crippen LogP contribution is 2.32. The molecule has 1 N–H and O–H groups in total. The molecule has 0 unspecified atom stereocenters. The van der Waals surface area contributed by atoms with E-state index in [4.69, 9.17) is 11.6 Å². The van der Waals surface area contributed by atoms with Crippen LogP contribution >= 0.6 is 11.6 Å². The van der Waals surface area contributed by atoms with Gasteiger partial charge in [-0.15, -0.1) is 0 Å². The molecule has 4 aromatic rings. The van der Waals surface area contributed by atoms with Gasteiger partial charge in [-0.05, 0) is 61.0 Å². The lowest BCUT2D eigenvalue weighted by molar-refractivity contribution is 0.102. The van der Waals surface area contributed by atoms with Crippen LogP contribution < -0.4 is 5.32 Å². The van der Waals surface area contributed by atoms with Crippen molar-refractivity contribution >= 4 is 29.0 Å². The summed E-state index contributed by atoms with van der Waals surface area (Å²) in [5, 5.41) is 3.27. The van der Waals surface area contributed by atoms with Gasteiger partial charge in [-0.1, -0.05) is 17.7 Å². The minimum Gasteiger partial charge on any atom is -0.306 e. The van der Waals surface area contributed by atoms with E-state index in [2.05, 4.69) is 10.3 Å². The van der Waals surface area contributed by atoms with Gasteiger partial charge in [0.15, 0.2) is 11.6 Å². The summed E-state index contributed by atoms with van der Waals surface area (Å²) in [6.07, 6.45) is 1.72. The maximum atomic E-state index is 14.4. The second-order valence-electron chi connectivity index (χ2n) is 6.30. The van der Waals surface area contributed by atoms with Crippen molar-refractivity contribution in [3.63, 3.8) is 0 Å². The van der Waals surface area contributed by atoms with E-state index in [1.807, 2.05) is 13.0 Å². The van der Waals surface area contributed by atoms with Gasteiger partial charge in [-0.3, -0.25) is 9.20 Å². The number of nitrogens with zero attached hydrogens (tertiary/aromatic N) is 2. The van der Waals surface area contributed by atoms with E-state index in [0.717, 1.165) is 11.6 Å². The second kappa shape index (κ2) is 7.05. The number of benzene rings is 2. The number of amides is 1. The van der Waals surface area contributed by atoms with Crippen molar-refractivity contribution in [2.75, 3.05) is 5.32 Å². The van der Waals surface area contributed by atoms with Gasteiger partial charge in [0.1, 0.15) is 17.2 Å². The molecule has 0 aliphatic heterocycles. The van der Waals surface area contributed by atoms with E-state index >= 15 is 0 Å². The van der Waals surface area contributed by atoms with E-state index in [9.17, 15) is 13.6 Å². The van der Waals surface area contributed by atoms with Gasteiger partial charge in [-0.25, -0.2) is 13.8 Å². The minimum atomic E-state index is -1.02. The summed E-state index contributed by atoms with van der Waals surface area (Å²) < 4.78 is 29.8. The average Bonchev–Trinajstić information content (AvgIpc) is 3.01. The molecule has 0 fully saturated rings. The highest BCUT2D eigenvalue weighted by molar-refractivity contribution is 6.30. The molecule has 0 saturated carbocycles. The molecular formula is C21H14ClF2N3O. The molecule has 0 atom stereocenters. The normalized spacial score (nSPS) is 11.0. The number of aromatic nitrogens is 2. The van der Waals surface area contributed by atoms with Crippen LogP contribution in [-0.4, -0.2) is 15.3 Å². The third-order valence-corrected chi connectivity index (χ3v) is 4.58. The standard InChI is InChI=1S/C21H14ClF2N3O/c1-12-9-10-27-17(11-12)25-19(15-3-2-4-16(23)18(15)24)20(27)26-21(28)13-5-7-14(22)8-6-13/h2-11H,1H3,(H,26,28). The number of imidazole rings is 1. The number of anilines is 1. The monoisotopic (exact) mass is 397 g/mol. The number of hydrogen-bond donors (Lipinski definition) is 1. The molecule has 140 valence electrons. The number of carbonyl (C=O) groups excluding carboxylic acids is 1. The van der Waals surface area contributed by atoms with Crippen molar-refractivity contribution in [3.05, 3.63) is 88.6 Å². The first kappa shape index (κ1) is 18.1. The Morgan fingerprint density at radius 2 is 1.86 bits per heavy atom. The summed E-state index contributed by atoms with van der Waals surface area (Å²) in [6, 6.07) is 13.8. The number of carbonyl (C=O) groups is 1. The van der Waals surface area contributed by atoms with Gasteiger partial charge in [0.05, 0.1) is 0 Å². The molecule has 0 aliphatic rings. The van der Waals surface area contributed by atoms with Gasteiger partial charge in [0.2, 0.25) is 0 Å². The predicted molar refractivity (Wildman–Crippen MR) is 105 cm³/mol. The smallest absolute Gasteiger partial charge is 0.256 e. The molecule has 0 spiro atoms. The van der Waals surface area contributed by atoms with Crippen molar-refractivity contribution in [3.8, 4) is 11.3 Å². The second-order valence-corrected chi connectivity index (χ2v) is 6.74. The van der Waals surface area contributed by atoms with Crippen molar-refractivity contribution in [2.45, 2.75) is 6.92 Å². The van der Waals surface area contributed by atoms with Crippen LogP contribution in [-0.2, 0) is 0 Å². The number of rotatable bonds is 3. The lowest BCUT2D eigenvalue weighted by Crippen LogP contribution is -2.14. The van der Waals surface area contributed by atoms with E-state index in [-0.39, 0.29) is 17.1 Å². The van der Waals surface area contributed by atoms with Crippen molar-refractivity contribution in [2.24, 2.45) is 0 Å². The average molecular weight is 398 g/mol. The summed E-state index contributed by atoms with van der Waals surface area (Å²) in [5.41, 5.74) is 1.93. The Morgan fingerprint density at radius 1 is 1.11 bits per heavy atom. The molecule has 0 aliphatic carbocycles. The maximum Gasteiger partial charge on any atom is 0.256 e. The summed E-state index contributed by atoms with van der Waals surface area (Å²) in [7, 11) is 0. The topological polar surface area (TPSA) is 46.4 Å². The molecule has 2 heterocycles. The molecule has 0 bridgehead atoms.